The molecule has 1 atom stereocenters. The Morgan fingerprint density at radius 1 is 1.35 bits per heavy atom. The van der Waals surface area contributed by atoms with E-state index in [1.54, 1.807) is 11.3 Å². The van der Waals surface area contributed by atoms with Crippen molar-refractivity contribution in [1.29, 1.82) is 0 Å². The van der Waals surface area contributed by atoms with Gasteiger partial charge in [0.25, 0.3) is 0 Å². The van der Waals surface area contributed by atoms with E-state index in [1.165, 1.54) is 20.6 Å². The van der Waals surface area contributed by atoms with Crippen molar-refractivity contribution < 1.29 is 0 Å². The maximum Gasteiger partial charge on any atom is 0.0947 e. The molecule has 20 heavy (non-hydrogen) atoms. The van der Waals surface area contributed by atoms with Crippen LogP contribution in [0.4, 0.5) is 0 Å². The van der Waals surface area contributed by atoms with Crippen LogP contribution >= 0.6 is 27.3 Å². The van der Waals surface area contributed by atoms with Gasteiger partial charge in [-0.2, -0.15) is 0 Å². The van der Waals surface area contributed by atoms with Crippen molar-refractivity contribution in [1.82, 2.24) is 10.3 Å². The van der Waals surface area contributed by atoms with E-state index in [1.807, 2.05) is 0 Å². The molecule has 1 N–H and O–H groups in total. The van der Waals surface area contributed by atoms with E-state index in [2.05, 4.69) is 70.6 Å². The van der Waals surface area contributed by atoms with Gasteiger partial charge in [-0.3, -0.25) is 0 Å². The lowest BCUT2D eigenvalue weighted by atomic mass is 10.0. The molecule has 1 aromatic carbocycles. The van der Waals surface area contributed by atoms with Crippen LogP contribution in [0.3, 0.4) is 0 Å². The molecule has 4 heteroatoms. The number of aryl methyl sites for hydroxylation is 2. The largest absolute Gasteiger partial charge is 0.310 e. The van der Waals surface area contributed by atoms with Crippen LogP contribution in [0.1, 0.15) is 41.2 Å². The Kier molecular flexibility index (Phi) is 5.75. The SMILES string of the molecule is CCCNC(Cc1nc(C)cs1)c1ccc(C)cc1Br. The first-order valence-electron chi connectivity index (χ1n) is 7.00. The molecule has 1 aromatic heterocycles. The first-order chi connectivity index (χ1) is 9.60. The fourth-order valence-corrected chi connectivity index (χ4v) is 3.78. The molecule has 0 aliphatic heterocycles. The van der Waals surface area contributed by atoms with Crippen molar-refractivity contribution in [3.05, 3.63) is 49.9 Å². The molecule has 2 rings (SSSR count). The number of aromatic nitrogens is 1. The van der Waals surface area contributed by atoms with Crippen molar-refractivity contribution in [2.24, 2.45) is 0 Å². The number of halogens is 1. The quantitative estimate of drug-likeness (QED) is 0.806. The summed E-state index contributed by atoms with van der Waals surface area (Å²) < 4.78 is 1.18. The zero-order valence-corrected chi connectivity index (χ0v) is 14.6. The fraction of sp³-hybridized carbons (Fsp3) is 0.438. The van der Waals surface area contributed by atoms with Crippen molar-refractivity contribution in [2.75, 3.05) is 6.54 Å². The van der Waals surface area contributed by atoms with Crippen molar-refractivity contribution in [3.8, 4) is 0 Å². The molecule has 108 valence electrons. The Hall–Kier alpha value is -0.710. The van der Waals surface area contributed by atoms with Crippen LogP contribution in [-0.2, 0) is 6.42 Å². The van der Waals surface area contributed by atoms with E-state index >= 15 is 0 Å². The minimum absolute atomic E-state index is 0.315. The van der Waals surface area contributed by atoms with Crippen LogP contribution in [0.25, 0.3) is 0 Å². The van der Waals surface area contributed by atoms with Crippen LogP contribution in [0.2, 0.25) is 0 Å². The average Bonchev–Trinajstić information content (AvgIpc) is 2.80. The minimum atomic E-state index is 0.315. The normalized spacial score (nSPS) is 12.6. The zero-order valence-electron chi connectivity index (χ0n) is 12.2. The van der Waals surface area contributed by atoms with Gasteiger partial charge in [0.2, 0.25) is 0 Å². The van der Waals surface area contributed by atoms with Crippen LogP contribution < -0.4 is 5.32 Å². The van der Waals surface area contributed by atoms with Crippen LogP contribution in [0.15, 0.2) is 28.1 Å². The van der Waals surface area contributed by atoms with Gasteiger partial charge in [-0.25, -0.2) is 4.98 Å². The highest BCUT2D eigenvalue weighted by molar-refractivity contribution is 9.10. The Morgan fingerprint density at radius 3 is 2.75 bits per heavy atom. The van der Waals surface area contributed by atoms with Gasteiger partial charge in [0, 0.05) is 28.0 Å². The second kappa shape index (κ2) is 7.34. The topological polar surface area (TPSA) is 24.9 Å². The summed E-state index contributed by atoms with van der Waals surface area (Å²) in [7, 11) is 0. The molecule has 1 unspecified atom stereocenters. The number of nitrogens with one attached hydrogen (secondary N) is 1. The number of benzene rings is 1. The predicted octanol–water partition coefficient (Wildman–Crippen LogP) is 4.81. The molecule has 0 amide bonds. The van der Waals surface area contributed by atoms with Gasteiger partial charge in [0.05, 0.1) is 5.01 Å². The summed E-state index contributed by atoms with van der Waals surface area (Å²) in [5.41, 5.74) is 3.71. The van der Waals surface area contributed by atoms with E-state index < -0.39 is 0 Å². The summed E-state index contributed by atoms with van der Waals surface area (Å²) in [5, 5.41) is 6.96. The van der Waals surface area contributed by atoms with Gasteiger partial charge >= 0.3 is 0 Å². The Bertz CT molecular complexity index is 565. The maximum absolute atomic E-state index is 4.59. The number of hydrogen-bond donors (Lipinski definition) is 1. The number of thiazole rings is 1. The monoisotopic (exact) mass is 352 g/mol. The summed E-state index contributed by atoms with van der Waals surface area (Å²) >= 11 is 5.45. The zero-order chi connectivity index (χ0) is 14.5. The molecule has 1 heterocycles. The third-order valence-corrected chi connectivity index (χ3v) is 4.89. The molecule has 0 aliphatic rings. The van der Waals surface area contributed by atoms with E-state index in [4.69, 9.17) is 0 Å². The smallest absolute Gasteiger partial charge is 0.0947 e. The minimum Gasteiger partial charge on any atom is -0.310 e. The third-order valence-electron chi connectivity index (χ3n) is 3.22. The number of hydrogen-bond acceptors (Lipinski definition) is 3. The van der Waals surface area contributed by atoms with Gasteiger partial charge in [-0.1, -0.05) is 35.0 Å². The highest BCUT2D eigenvalue weighted by Crippen LogP contribution is 2.28. The molecule has 2 nitrogen and oxygen atoms in total. The van der Waals surface area contributed by atoms with E-state index in [0.29, 0.717) is 6.04 Å². The van der Waals surface area contributed by atoms with E-state index in [-0.39, 0.29) is 0 Å². The summed E-state index contributed by atoms with van der Waals surface area (Å²) in [6.45, 7) is 7.39. The Labute approximate surface area is 133 Å². The summed E-state index contributed by atoms with van der Waals surface area (Å²) in [4.78, 5) is 4.59. The summed E-state index contributed by atoms with van der Waals surface area (Å²) in [6, 6.07) is 6.89. The van der Waals surface area contributed by atoms with Gasteiger partial charge < -0.3 is 5.32 Å². The molecule has 0 bridgehead atoms. The van der Waals surface area contributed by atoms with Crippen LogP contribution in [-0.4, -0.2) is 11.5 Å². The van der Waals surface area contributed by atoms with Gasteiger partial charge in [0.1, 0.15) is 0 Å². The first-order valence-corrected chi connectivity index (χ1v) is 8.68. The molecule has 0 spiro atoms. The Morgan fingerprint density at radius 2 is 2.15 bits per heavy atom. The lowest BCUT2D eigenvalue weighted by Crippen LogP contribution is -2.24. The first kappa shape index (κ1) is 15.7. The highest BCUT2D eigenvalue weighted by Gasteiger charge is 2.16. The molecule has 0 radical (unpaired) electrons. The molecular weight excluding hydrogens is 332 g/mol. The lowest BCUT2D eigenvalue weighted by molar-refractivity contribution is 0.526. The molecule has 2 aromatic rings. The molecule has 0 aliphatic carbocycles. The standard InChI is InChI=1S/C16H21BrN2S/c1-4-7-18-15(9-16-19-12(3)10-20-16)13-6-5-11(2)8-14(13)17/h5-6,8,10,15,18H,4,7,9H2,1-3H3. The van der Waals surface area contributed by atoms with E-state index in [9.17, 15) is 0 Å². The van der Waals surface area contributed by atoms with Gasteiger partial charge in [0.15, 0.2) is 0 Å². The third kappa shape index (κ3) is 4.14. The van der Waals surface area contributed by atoms with Crippen molar-refractivity contribution in [3.63, 3.8) is 0 Å². The molecule has 0 fully saturated rings. The molecular formula is C16H21BrN2S. The van der Waals surface area contributed by atoms with Gasteiger partial charge in [-0.15, -0.1) is 11.3 Å². The van der Waals surface area contributed by atoms with E-state index in [0.717, 1.165) is 25.1 Å². The number of rotatable bonds is 6. The van der Waals surface area contributed by atoms with Crippen LogP contribution in [0.5, 0.6) is 0 Å². The second-order valence-electron chi connectivity index (χ2n) is 5.12. The maximum atomic E-state index is 4.59. The predicted molar refractivity (Wildman–Crippen MR) is 90.5 cm³/mol. The number of nitrogens with zero attached hydrogens (tertiary/aromatic N) is 1. The Balaban J connectivity index is 2.22. The van der Waals surface area contributed by atoms with Gasteiger partial charge in [-0.05, 0) is 44.0 Å². The van der Waals surface area contributed by atoms with Crippen molar-refractivity contribution >= 4 is 27.3 Å². The molecule has 0 saturated heterocycles. The van der Waals surface area contributed by atoms with Crippen LogP contribution in [0, 0.1) is 13.8 Å². The summed E-state index contributed by atoms with van der Waals surface area (Å²) in [5.74, 6) is 0. The lowest BCUT2D eigenvalue weighted by Gasteiger charge is -2.19. The second-order valence-corrected chi connectivity index (χ2v) is 6.92. The van der Waals surface area contributed by atoms with Crippen molar-refractivity contribution in [2.45, 2.75) is 39.7 Å². The summed E-state index contributed by atoms with van der Waals surface area (Å²) in [6.07, 6.45) is 2.08. The average molecular weight is 353 g/mol. The highest BCUT2D eigenvalue weighted by atomic mass is 79.9. The fourth-order valence-electron chi connectivity index (χ4n) is 2.20. The molecule has 0 saturated carbocycles.